The molecular formula is C19H27O. The standard InChI is InChI=1S/C19H27O/c1-18-9-3-4-16(18)15-6-5-13-12-14(20)7-11-19(13,2)17(15)8-10-18/h9,12,15-17H,3-8,10-11H2,1-2H3/t15-,16+,17+,18?,19+/m1/s1. The van der Waals surface area contributed by atoms with E-state index in [1.165, 1.54) is 44.1 Å². The Labute approximate surface area is 123 Å². The van der Waals surface area contributed by atoms with Crippen LogP contribution < -0.4 is 0 Å². The minimum Gasteiger partial charge on any atom is -0.295 e. The minimum absolute atomic E-state index is 0.348. The van der Waals surface area contributed by atoms with Crippen LogP contribution in [0.1, 0.15) is 65.2 Å². The van der Waals surface area contributed by atoms with E-state index >= 15 is 0 Å². The highest BCUT2D eigenvalue weighted by Gasteiger charge is 2.56. The van der Waals surface area contributed by atoms with E-state index < -0.39 is 0 Å². The SMILES string of the molecule is CC12[CH]CC[C@H]1[C@H]1CCC3=CC(=O)CC[C@]3(C)[C@H]1CC2. The lowest BCUT2D eigenvalue weighted by Crippen LogP contribution is -2.49. The molecule has 5 atom stereocenters. The topological polar surface area (TPSA) is 17.1 Å². The minimum atomic E-state index is 0.348. The second-order valence-electron chi connectivity index (χ2n) is 8.29. The Morgan fingerprint density at radius 3 is 2.75 bits per heavy atom. The zero-order valence-electron chi connectivity index (χ0n) is 13.0. The number of ketones is 1. The molecule has 20 heavy (non-hydrogen) atoms. The van der Waals surface area contributed by atoms with Gasteiger partial charge in [-0.25, -0.2) is 0 Å². The fourth-order valence-corrected chi connectivity index (χ4v) is 6.30. The van der Waals surface area contributed by atoms with E-state index in [4.69, 9.17) is 0 Å². The fraction of sp³-hybridized carbons (Fsp3) is 0.789. The third-order valence-electron chi connectivity index (χ3n) is 7.49. The van der Waals surface area contributed by atoms with Crippen molar-refractivity contribution in [1.29, 1.82) is 0 Å². The maximum Gasteiger partial charge on any atom is 0.155 e. The second kappa shape index (κ2) is 4.21. The summed E-state index contributed by atoms with van der Waals surface area (Å²) in [6, 6.07) is 0. The monoisotopic (exact) mass is 271 g/mol. The van der Waals surface area contributed by atoms with Crippen LogP contribution in [0.5, 0.6) is 0 Å². The molecule has 109 valence electrons. The molecule has 0 amide bonds. The van der Waals surface area contributed by atoms with Crippen LogP contribution in [0.25, 0.3) is 0 Å². The Morgan fingerprint density at radius 1 is 1.05 bits per heavy atom. The molecule has 0 bridgehead atoms. The van der Waals surface area contributed by atoms with Crippen LogP contribution >= 0.6 is 0 Å². The Morgan fingerprint density at radius 2 is 1.90 bits per heavy atom. The van der Waals surface area contributed by atoms with Gasteiger partial charge in [0.25, 0.3) is 0 Å². The molecule has 1 nitrogen and oxygen atoms in total. The van der Waals surface area contributed by atoms with Crippen LogP contribution in [-0.4, -0.2) is 5.78 Å². The molecule has 0 spiro atoms. The smallest absolute Gasteiger partial charge is 0.155 e. The molecule has 0 aromatic heterocycles. The van der Waals surface area contributed by atoms with Gasteiger partial charge in [0.05, 0.1) is 0 Å². The average Bonchev–Trinajstić information content (AvgIpc) is 2.81. The summed E-state index contributed by atoms with van der Waals surface area (Å²) in [5.41, 5.74) is 2.38. The fourth-order valence-electron chi connectivity index (χ4n) is 6.30. The third-order valence-corrected chi connectivity index (χ3v) is 7.49. The van der Waals surface area contributed by atoms with Crippen LogP contribution in [0.15, 0.2) is 11.6 Å². The Hall–Kier alpha value is -0.590. The van der Waals surface area contributed by atoms with Crippen molar-refractivity contribution in [2.75, 3.05) is 0 Å². The van der Waals surface area contributed by atoms with Gasteiger partial charge in [-0.1, -0.05) is 19.4 Å². The molecule has 0 aromatic carbocycles. The largest absolute Gasteiger partial charge is 0.295 e. The lowest BCUT2D eigenvalue weighted by molar-refractivity contribution is -0.117. The summed E-state index contributed by atoms with van der Waals surface area (Å²) < 4.78 is 0. The molecule has 3 saturated carbocycles. The lowest BCUT2D eigenvalue weighted by Gasteiger charge is -2.57. The molecule has 0 N–H and O–H groups in total. The number of allylic oxidation sites excluding steroid dienone is 1. The molecule has 4 rings (SSSR count). The van der Waals surface area contributed by atoms with Gasteiger partial charge in [0.15, 0.2) is 5.78 Å². The summed E-state index contributed by atoms with van der Waals surface area (Å²) in [5, 5.41) is 0. The molecule has 4 aliphatic carbocycles. The zero-order valence-corrected chi connectivity index (χ0v) is 13.0. The van der Waals surface area contributed by atoms with Gasteiger partial charge >= 0.3 is 0 Å². The van der Waals surface area contributed by atoms with Crippen molar-refractivity contribution in [1.82, 2.24) is 0 Å². The first kappa shape index (κ1) is 13.1. The van der Waals surface area contributed by atoms with Gasteiger partial charge in [-0.2, -0.15) is 0 Å². The number of carbonyl (C=O) groups excluding carboxylic acids is 1. The predicted molar refractivity (Wildman–Crippen MR) is 81.0 cm³/mol. The molecule has 1 radical (unpaired) electrons. The van der Waals surface area contributed by atoms with Gasteiger partial charge < -0.3 is 0 Å². The summed E-state index contributed by atoms with van der Waals surface area (Å²) in [4.78, 5) is 11.8. The molecule has 3 fully saturated rings. The second-order valence-corrected chi connectivity index (χ2v) is 8.29. The highest BCUT2D eigenvalue weighted by atomic mass is 16.1. The number of rotatable bonds is 0. The quantitative estimate of drug-likeness (QED) is 0.623. The predicted octanol–water partition coefficient (Wildman–Crippen LogP) is 4.72. The maximum absolute atomic E-state index is 11.8. The molecule has 1 unspecified atom stereocenters. The van der Waals surface area contributed by atoms with E-state index in [9.17, 15) is 4.79 Å². The van der Waals surface area contributed by atoms with E-state index in [1.807, 2.05) is 6.08 Å². The number of hydrogen-bond acceptors (Lipinski definition) is 1. The molecule has 4 aliphatic rings. The highest BCUT2D eigenvalue weighted by molar-refractivity contribution is 5.91. The van der Waals surface area contributed by atoms with E-state index in [1.54, 1.807) is 0 Å². The summed E-state index contributed by atoms with van der Waals surface area (Å²) in [7, 11) is 0. The van der Waals surface area contributed by atoms with Crippen molar-refractivity contribution >= 4 is 5.78 Å². The Balaban J connectivity index is 1.69. The maximum atomic E-state index is 11.8. The van der Waals surface area contributed by atoms with Crippen molar-refractivity contribution in [2.45, 2.75) is 65.2 Å². The van der Waals surface area contributed by atoms with Crippen molar-refractivity contribution in [3.05, 3.63) is 18.1 Å². The molecular weight excluding hydrogens is 244 g/mol. The summed E-state index contributed by atoms with van der Waals surface area (Å²) in [6.45, 7) is 4.99. The molecule has 1 heteroatoms. The van der Waals surface area contributed by atoms with E-state index in [0.29, 0.717) is 16.6 Å². The first-order chi connectivity index (χ1) is 9.53. The lowest BCUT2D eigenvalue weighted by atomic mass is 9.47. The van der Waals surface area contributed by atoms with Crippen LogP contribution in [0, 0.1) is 35.0 Å². The number of hydrogen-bond donors (Lipinski definition) is 0. The molecule has 0 heterocycles. The van der Waals surface area contributed by atoms with Gasteiger partial charge in [-0.15, -0.1) is 0 Å². The van der Waals surface area contributed by atoms with Crippen LogP contribution in [0.4, 0.5) is 0 Å². The zero-order chi connectivity index (χ0) is 14.0. The van der Waals surface area contributed by atoms with Crippen molar-refractivity contribution < 1.29 is 4.79 Å². The van der Waals surface area contributed by atoms with Gasteiger partial charge in [0.2, 0.25) is 0 Å². The number of fused-ring (bicyclic) bond motifs is 5. The molecule has 0 aliphatic heterocycles. The number of carbonyl (C=O) groups is 1. The first-order valence-electron chi connectivity index (χ1n) is 8.61. The highest BCUT2D eigenvalue weighted by Crippen LogP contribution is 2.64. The molecule has 0 saturated heterocycles. The Kier molecular flexibility index (Phi) is 2.76. The van der Waals surface area contributed by atoms with Crippen molar-refractivity contribution in [3.8, 4) is 0 Å². The first-order valence-corrected chi connectivity index (χ1v) is 8.61. The van der Waals surface area contributed by atoms with E-state index in [0.717, 1.165) is 30.6 Å². The van der Waals surface area contributed by atoms with Crippen molar-refractivity contribution in [2.24, 2.45) is 28.6 Å². The van der Waals surface area contributed by atoms with Crippen LogP contribution in [0.3, 0.4) is 0 Å². The van der Waals surface area contributed by atoms with Crippen LogP contribution in [-0.2, 0) is 4.79 Å². The van der Waals surface area contributed by atoms with Gasteiger partial charge in [-0.05, 0) is 86.0 Å². The van der Waals surface area contributed by atoms with Gasteiger partial charge in [-0.3, -0.25) is 4.79 Å². The van der Waals surface area contributed by atoms with Crippen molar-refractivity contribution in [3.63, 3.8) is 0 Å². The Bertz CT molecular complexity index is 476. The average molecular weight is 271 g/mol. The summed E-state index contributed by atoms with van der Waals surface area (Å²) in [6.07, 6.45) is 14.6. The summed E-state index contributed by atoms with van der Waals surface area (Å²) in [5.74, 6) is 3.08. The normalized spacial score (nSPS) is 51.0. The van der Waals surface area contributed by atoms with Crippen LogP contribution in [0.2, 0.25) is 0 Å². The third kappa shape index (κ3) is 1.64. The van der Waals surface area contributed by atoms with Gasteiger partial charge in [0.1, 0.15) is 0 Å². The molecule has 0 aromatic rings. The van der Waals surface area contributed by atoms with Gasteiger partial charge in [0, 0.05) is 6.42 Å². The van der Waals surface area contributed by atoms with E-state index in [2.05, 4.69) is 20.3 Å². The summed E-state index contributed by atoms with van der Waals surface area (Å²) >= 11 is 0. The van der Waals surface area contributed by atoms with E-state index in [-0.39, 0.29) is 0 Å².